The zero-order valence-corrected chi connectivity index (χ0v) is 13.2. The van der Waals surface area contributed by atoms with Crippen LogP contribution in [0, 0.1) is 6.92 Å². The SMILES string of the molecule is COc1ccccc1Cc1nnc(-c2cnc3onc(C)c3c2)o1. The molecule has 7 nitrogen and oxygen atoms in total. The molecular weight excluding hydrogens is 308 g/mol. The van der Waals surface area contributed by atoms with Gasteiger partial charge in [-0.1, -0.05) is 23.4 Å². The first-order valence-corrected chi connectivity index (χ1v) is 7.41. The van der Waals surface area contributed by atoms with Crippen molar-refractivity contribution < 1.29 is 13.7 Å². The van der Waals surface area contributed by atoms with Crippen LogP contribution < -0.4 is 4.74 Å². The van der Waals surface area contributed by atoms with Crippen molar-refractivity contribution in [2.45, 2.75) is 13.3 Å². The number of hydrogen-bond acceptors (Lipinski definition) is 7. The average molecular weight is 322 g/mol. The van der Waals surface area contributed by atoms with Gasteiger partial charge >= 0.3 is 0 Å². The quantitative estimate of drug-likeness (QED) is 0.570. The summed E-state index contributed by atoms with van der Waals surface area (Å²) in [5.41, 5.74) is 2.98. The van der Waals surface area contributed by atoms with E-state index in [0.717, 1.165) is 28.0 Å². The number of pyridine rings is 1. The molecule has 1 aromatic carbocycles. The minimum absolute atomic E-state index is 0.412. The molecule has 0 unspecified atom stereocenters. The molecule has 0 aliphatic carbocycles. The summed E-state index contributed by atoms with van der Waals surface area (Å²) in [5.74, 6) is 1.71. The summed E-state index contributed by atoms with van der Waals surface area (Å²) in [5, 5.41) is 12.9. The fourth-order valence-corrected chi connectivity index (χ4v) is 2.52. The smallest absolute Gasteiger partial charge is 0.257 e. The minimum Gasteiger partial charge on any atom is -0.496 e. The van der Waals surface area contributed by atoms with Crippen molar-refractivity contribution in [3.05, 3.63) is 53.7 Å². The number of aryl methyl sites for hydroxylation is 1. The van der Waals surface area contributed by atoms with Gasteiger partial charge in [0, 0.05) is 11.8 Å². The van der Waals surface area contributed by atoms with Crippen LogP contribution in [0.3, 0.4) is 0 Å². The van der Waals surface area contributed by atoms with Crippen molar-refractivity contribution in [2.75, 3.05) is 7.11 Å². The molecule has 0 atom stereocenters. The van der Waals surface area contributed by atoms with Crippen LogP contribution in [0.2, 0.25) is 0 Å². The first kappa shape index (κ1) is 14.4. The first-order chi connectivity index (χ1) is 11.7. The van der Waals surface area contributed by atoms with Crippen LogP contribution in [0.5, 0.6) is 5.75 Å². The number of aromatic nitrogens is 4. The predicted molar refractivity (Wildman–Crippen MR) is 85.6 cm³/mol. The van der Waals surface area contributed by atoms with E-state index in [4.69, 9.17) is 13.7 Å². The van der Waals surface area contributed by atoms with Crippen LogP contribution in [0.4, 0.5) is 0 Å². The Morgan fingerprint density at radius 2 is 2.04 bits per heavy atom. The minimum atomic E-state index is 0.412. The third-order valence-corrected chi connectivity index (χ3v) is 3.76. The van der Waals surface area contributed by atoms with E-state index >= 15 is 0 Å². The van der Waals surface area contributed by atoms with E-state index in [2.05, 4.69) is 20.3 Å². The van der Waals surface area contributed by atoms with Gasteiger partial charge in [0.2, 0.25) is 11.8 Å². The van der Waals surface area contributed by atoms with Gasteiger partial charge in [0.05, 0.1) is 30.2 Å². The van der Waals surface area contributed by atoms with Crippen LogP contribution in [-0.2, 0) is 6.42 Å². The molecule has 24 heavy (non-hydrogen) atoms. The highest BCUT2D eigenvalue weighted by molar-refractivity contribution is 5.79. The van der Waals surface area contributed by atoms with Crippen molar-refractivity contribution in [1.29, 1.82) is 0 Å². The monoisotopic (exact) mass is 322 g/mol. The molecule has 0 saturated heterocycles. The van der Waals surface area contributed by atoms with Gasteiger partial charge in [-0.2, -0.15) is 0 Å². The van der Waals surface area contributed by atoms with Gasteiger partial charge in [0.25, 0.3) is 5.71 Å². The molecular formula is C17H14N4O3. The van der Waals surface area contributed by atoms with Gasteiger partial charge in [-0.15, -0.1) is 10.2 Å². The van der Waals surface area contributed by atoms with Gasteiger partial charge in [-0.3, -0.25) is 0 Å². The lowest BCUT2D eigenvalue weighted by atomic mass is 10.1. The van der Waals surface area contributed by atoms with Crippen molar-refractivity contribution in [2.24, 2.45) is 0 Å². The molecule has 0 radical (unpaired) electrons. The van der Waals surface area contributed by atoms with Gasteiger partial charge in [-0.05, 0) is 19.1 Å². The van der Waals surface area contributed by atoms with Gasteiger partial charge in [0.15, 0.2) is 0 Å². The van der Waals surface area contributed by atoms with E-state index in [9.17, 15) is 0 Å². The molecule has 0 saturated carbocycles. The molecule has 4 rings (SSSR count). The Kier molecular flexibility index (Phi) is 3.45. The zero-order chi connectivity index (χ0) is 16.5. The number of nitrogens with zero attached hydrogens (tertiary/aromatic N) is 4. The van der Waals surface area contributed by atoms with Crippen molar-refractivity contribution in [1.82, 2.24) is 20.3 Å². The second-order valence-corrected chi connectivity index (χ2v) is 5.33. The maximum Gasteiger partial charge on any atom is 0.257 e. The third-order valence-electron chi connectivity index (χ3n) is 3.76. The van der Waals surface area contributed by atoms with E-state index in [-0.39, 0.29) is 0 Å². The molecule has 0 aliphatic heterocycles. The Balaban J connectivity index is 1.65. The van der Waals surface area contributed by atoms with Crippen LogP contribution in [0.25, 0.3) is 22.6 Å². The second kappa shape index (κ2) is 5.77. The summed E-state index contributed by atoms with van der Waals surface area (Å²) in [6.45, 7) is 1.86. The molecule has 120 valence electrons. The Labute approximate surface area is 137 Å². The molecule has 4 aromatic rings. The Morgan fingerprint density at radius 3 is 2.92 bits per heavy atom. The summed E-state index contributed by atoms with van der Waals surface area (Å²) in [6, 6.07) is 9.62. The Hall–Kier alpha value is -3.22. The van der Waals surface area contributed by atoms with Gasteiger partial charge < -0.3 is 13.7 Å². The van der Waals surface area contributed by atoms with Crippen molar-refractivity contribution >= 4 is 11.1 Å². The first-order valence-electron chi connectivity index (χ1n) is 7.41. The summed E-state index contributed by atoms with van der Waals surface area (Å²) >= 11 is 0. The van der Waals surface area contributed by atoms with E-state index in [1.807, 2.05) is 37.3 Å². The maximum atomic E-state index is 5.77. The number of methoxy groups -OCH3 is 1. The number of ether oxygens (including phenoxy) is 1. The largest absolute Gasteiger partial charge is 0.496 e. The molecule has 0 bridgehead atoms. The highest BCUT2D eigenvalue weighted by atomic mass is 16.5. The normalized spacial score (nSPS) is 11.1. The summed E-state index contributed by atoms with van der Waals surface area (Å²) < 4.78 is 16.2. The van der Waals surface area contributed by atoms with Gasteiger partial charge in [-0.25, -0.2) is 4.98 Å². The van der Waals surface area contributed by atoms with E-state index in [0.29, 0.717) is 23.9 Å². The van der Waals surface area contributed by atoms with E-state index in [1.54, 1.807) is 13.3 Å². The molecule has 3 aromatic heterocycles. The average Bonchev–Trinajstić information content (AvgIpc) is 3.22. The molecule has 0 aliphatic rings. The number of para-hydroxylation sites is 1. The predicted octanol–water partition coefficient (Wildman–Crippen LogP) is 3.18. The number of rotatable bonds is 4. The second-order valence-electron chi connectivity index (χ2n) is 5.33. The fourth-order valence-electron chi connectivity index (χ4n) is 2.52. The molecule has 7 heteroatoms. The molecule has 0 N–H and O–H groups in total. The lowest BCUT2D eigenvalue weighted by Gasteiger charge is -2.05. The van der Waals surface area contributed by atoms with Crippen LogP contribution in [0.15, 0.2) is 45.5 Å². The van der Waals surface area contributed by atoms with Gasteiger partial charge in [0.1, 0.15) is 5.75 Å². The topological polar surface area (TPSA) is 87.1 Å². The molecule has 0 spiro atoms. The lowest BCUT2D eigenvalue weighted by Crippen LogP contribution is -1.93. The van der Waals surface area contributed by atoms with E-state index < -0.39 is 0 Å². The van der Waals surface area contributed by atoms with E-state index in [1.165, 1.54) is 0 Å². The zero-order valence-electron chi connectivity index (χ0n) is 13.2. The van der Waals surface area contributed by atoms with Crippen molar-refractivity contribution in [3.63, 3.8) is 0 Å². The van der Waals surface area contributed by atoms with Crippen LogP contribution in [-0.4, -0.2) is 27.4 Å². The summed E-state index contributed by atoms with van der Waals surface area (Å²) in [7, 11) is 1.64. The number of hydrogen-bond donors (Lipinski definition) is 0. The van der Waals surface area contributed by atoms with Crippen LogP contribution in [0.1, 0.15) is 17.1 Å². The lowest BCUT2D eigenvalue weighted by molar-refractivity contribution is 0.408. The number of fused-ring (bicyclic) bond motifs is 1. The third kappa shape index (κ3) is 2.50. The highest BCUT2D eigenvalue weighted by Crippen LogP contribution is 2.25. The maximum absolute atomic E-state index is 5.77. The molecule has 0 amide bonds. The summed E-state index contributed by atoms with van der Waals surface area (Å²) in [4.78, 5) is 4.22. The van der Waals surface area contributed by atoms with Crippen LogP contribution >= 0.6 is 0 Å². The standard InChI is InChI=1S/C17H14N4O3/c1-10-13-7-12(9-18-17(13)24-21-10)16-20-19-15(23-16)8-11-5-3-4-6-14(11)22-2/h3-7,9H,8H2,1-2H3. The summed E-state index contributed by atoms with van der Waals surface area (Å²) in [6.07, 6.45) is 2.13. The molecule has 3 heterocycles. The number of benzene rings is 1. The fraction of sp³-hybridized carbons (Fsp3) is 0.176. The Bertz CT molecular complexity index is 1010. The Morgan fingerprint density at radius 1 is 1.17 bits per heavy atom. The highest BCUT2D eigenvalue weighted by Gasteiger charge is 2.14. The van der Waals surface area contributed by atoms with Crippen molar-refractivity contribution in [3.8, 4) is 17.2 Å². The molecule has 0 fully saturated rings.